The van der Waals surface area contributed by atoms with Crippen molar-refractivity contribution in [2.45, 2.75) is 24.7 Å². The minimum Gasteiger partial charge on any atom is -0.468 e. The van der Waals surface area contributed by atoms with Gasteiger partial charge in [-0.3, -0.25) is 24.5 Å². The van der Waals surface area contributed by atoms with Gasteiger partial charge in [0, 0.05) is 27.4 Å². The summed E-state index contributed by atoms with van der Waals surface area (Å²) in [6.07, 6.45) is -0.264. The number of nitrogens with zero attached hydrogens (tertiary/aromatic N) is 1. The fourth-order valence-corrected chi connectivity index (χ4v) is 4.27. The Balaban J connectivity index is 2.42. The van der Waals surface area contributed by atoms with Crippen LogP contribution >= 0.6 is 0 Å². The third-order valence-corrected chi connectivity index (χ3v) is 5.49. The second kappa shape index (κ2) is 7.06. The number of aromatic amines is 1. The van der Waals surface area contributed by atoms with Crippen molar-refractivity contribution in [3.05, 3.63) is 45.6 Å². The predicted octanol–water partition coefficient (Wildman–Crippen LogP) is 1.72. The van der Waals surface area contributed by atoms with Crippen molar-refractivity contribution in [2.75, 3.05) is 20.8 Å². The van der Waals surface area contributed by atoms with Crippen molar-refractivity contribution in [3.8, 4) is 0 Å². The number of carbonyl (C=O) groups is 3. The number of ketones is 1. The molecular formula is C19H20N2O7. The first-order valence-corrected chi connectivity index (χ1v) is 8.68. The topological polar surface area (TPSA) is 129 Å². The molecule has 1 aromatic carbocycles. The molecule has 0 saturated heterocycles. The third-order valence-electron chi connectivity index (χ3n) is 5.49. The standard InChI is InChI=1S/C19H20N2O7/c1-10(22)12-8-19(17(23)27-2,18(24)28-3)16-15(13(12)9-21(25)26)11-6-4-5-7-14(11)20-16/h4-7,12-13,20H,8-9H2,1-3H3/t12-,13+/m0/s1. The van der Waals surface area contributed by atoms with Gasteiger partial charge in [-0.1, -0.05) is 18.2 Å². The summed E-state index contributed by atoms with van der Waals surface area (Å²) in [5, 5.41) is 12.0. The summed E-state index contributed by atoms with van der Waals surface area (Å²) in [6.45, 7) is 0.800. The predicted molar refractivity (Wildman–Crippen MR) is 97.4 cm³/mol. The Labute approximate surface area is 160 Å². The molecule has 28 heavy (non-hydrogen) atoms. The van der Waals surface area contributed by atoms with Gasteiger partial charge in [-0.05, 0) is 25.0 Å². The van der Waals surface area contributed by atoms with Crippen LogP contribution in [0.5, 0.6) is 0 Å². The average Bonchev–Trinajstić information content (AvgIpc) is 3.06. The molecule has 0 radical (unpaired) electrons. The van der Waals surface area contributed by atoms with Crippen molar-refractivity contribution < 1.29 is 28.8 Å². The summed E-state index contributed by atoms with van der Waals surface area (Å²) in [5.41, 5.74) is -0.699. The van der Waals surface area contributed by atoms with Gasteiger partial charge in [-0.2, -0.15) is 0 Å². The van der Waals surface area contributed by atoms with Gasteiger partial charge in [0.15, 0.2) is 0 Å². The van der Waals surface area contributed by atoms with Gasteiger partial charge in [-0.15, -0.1) is 0 Å². The molecule has 0 bridgehead atoms. The molecule has 0 fully saturated rings. The Hall–Kier alpha value is -3.23. The monoisotopic (exact) mass is 388 g/mol. The van der Waals surface area contributed by atoms with Crippen molar-refractivity contribution in [1.82, 2.24) is 4.98 Å². The lowest BCUT2D eigenvalue weighted by Gasteiger charge is -2.38. The van der Waals surface area contributed by atoms with Gasteiger partial charge in [0.1, 0.15) is 5.78 Å². The first kappa shape index (κ1) is 19.5. The highest BCUT2D eigenvalue weighted by molar-refractivity contribution is 6.09. The van der Waals surface area contributed by atoms with E-state index < -0.39 is 40.7 Å². The number of H-pyrrole nitrogens is 1. The van der Waals surface area contributed by atoms with Crippen molar-refractivity contribution in [3.63, 3.8) is 0 Å². The summed E-state index contributed by atoms with van der Waals surface area (Å²) in [6, 6.07) is 6.97. The second-order valence-corrected chi connectivity index (χ2v) is 6.89. The number of nitro groups is 1. The minimum absolute atomic E-state index is 0.191. The highest BCUT2D eigenvalue weighted by Gasteiger charge is 2.60. The second-order valence-electron chi connectivity index (χ2n) is 6.89. The molecule has 1 aliphatic carbocycles. The number of rotatable bonds is 5. The van der Waals surface area contributed by atoms with Crippen LogP contribution in [0.25, 0.3) is 10.9 Å². The van der Waals surface area contributed by atoms with Crippen LogP contribution in [0.2, 0.25) is 0 Å². The lowest BCUT2D eigenvalue weighted by atomic mass is 9.63. The number of nitrogens with one attached hydrogen (secondary N) is 1. The fraction of sp³-hybridized carbons (Fsp3) is 0.421. The van der Waals surface area contributed by atoms with E-state index in [0.29, 0.717) is 16.5 Å². The first-order valence-electron chi connectivity index (χ1n) is 8.68. The molecule has 0 spiro atoms. The number of hydrogen-bond donors (Lipinski definition) is 1. The van der Waals surface area contributed by atoms with E-state index in [-0.39, 0.29) is 17.9 Å². The number of benzene rings is 1. The summed E-state index contributed by atoms with van der Waals surface area (Å²) < 4.78 is 9.82. The molecule has 148 valence electrons. The number of esters is 2. The van der Waals surface area contributed by atoms with Crippen LogP contribution in [0.1, 0.15) is 30.5 Å². The SMILES string of the molecule is COC(=O)C1(C(=O)OC)C[C@@H](C(C)=O)[C@@H](C[N+](=O)[O-])c2c1[nH]c1ccccc21. The van der Waals surface area contributed by atoms with Crippen molar-refractivity contribution >= 4 is 28.6 Å². The van der Waals surface area contributed by atoms with Gasteiger partial charge in [0.25, 0.3) is 0 Å². The molecule has 9 nitrogen and oxygen atoms in total. The van der Waals surface area contributed by atoms with E-state index in [4.69, 9.17) is 9.47 Å². The zero-order valence-corrected chi connectivity index (χ0v) is 15.7. The number of fused-ring (bicyclic) bond motifs is 3. The van der Waals surface area contributed by atoms with Gasteiger partial charge < -0.3 is 14.5 Å². The zero-order valence-electron chi connectivity index (χ0n) is 15.7. The van der Waals surface area contributed by atoms with E-state index in [0.717, 1.165) is 14.2 Å². The molecule has 1 aliphatic rings. The highest BCUT2D eigenvalue weighted by Crippen LogP contribution is 2.50. The summed E-state index contributed by atoms with van der Waals surface area (Å²) >= 11 is 0. The maximum Gasteiger partial charge on any atom is 0.329 e. The normalized spacial score (nSPS) is 20.2. The van der Waals surface area contributed by atoms with Crippen LogP contribution in [0.4, 0.5) is 0 Å². The van der Waals surface area contributed by atoms with E-state index in [2.05, 4.69) is 4.98 Å². The quantitative estimate of drug-likeness (QED) is 0.357. The number of carbonyl (C=O) groups excluding carboxylic acids is 3. The van der Waals surface area contributed by atoms with E-state index in [9.17, 15) is 24.5 Å². The van der Waals surface area contributed by atoms with Crippen LogP contribution in [0, 0.1) is 16.0 Å². The summed E-state index contributed by atoms with van der Waals surface area (Å²) in [5.74, 6) is -3.81. The molecule has 1 heterocycles. The Morgan fingerprint density at radius 1 is 1.21 bits per heavy atom. The van der Waals surface area contributed by atoms with E-state index >= 15 is 0 Å². The molecule has 1 aromatic heterocycles. The molecule has 0 unspecified atom stereocenters. The lowest BCUT2D eigenvalue weighted by molar-refractivity contribution is -0.484. The van der Waals surface area contributed by atoms with Gasteiger partial charge in [-0.25, -0.2) is 0 Å². The summed E-state index contributed by atoms with van der Waals surface area (Å²) in [4.78, 5) is 52.0. The zero-order chi connectivity index (χ0) is 20.6. The number of Topliss-reactive ketones (excluding diaryl/α,β-unsaturated/α-hetero) is 1. The largest absolute Gasteiger partial charge is 0.468 e. The maximum absolute atomic E-state index is 12.8. The van der Waals surface area contributed by atoms with Crippen LogP contribution < -0.4 is 0 Å². The number of methoxy groups -OCH3 is 2. The van der Waals surface area contributed by atoms with Gasteiger partial charge in [0.2, 0.25) is 12.0 Å². The van der Waals surface area contributed by atoms with Crippen LogP contribution in [0.3, 0.4) is 0 Å². The first-order chi connectivity index (χ1) is 13.3. The smallest absolute Gasteiger partial charge is 0.329 e. The minimum atomic E-state index is -1.90. The van der Waals surface area contributed by atoms with Gasteiger partial charge in [0.05, 0.1) is 20.1 Å². The molecule has 9 heteroatoms. The number of para-hydroxylation sites is 1. The lowest BCUT2D eigenvalue weighted by Crippen LogP contribution is -2.52. The molecule has 0 amide bonds. The molecule has 3 rings (SSSR count). The Morgan fingerprint density at radius 2 is 1.82 bits per heavy atom. The molecular weight excluding hydrogens is 368 g/mol. The van der Waals surface area contributed by atoms with E-state index in [1.807, 2.05) is 0 Å². The molecule has 2 atom stereocenters. The van der Waals surface area contributed by atoms with E-state index in [1.54, 1.807) is 24.3 Å². The Kier molecular flexibility index (Phi) is 4.93. The molecule has 0 saturated carbocycles. The fourth-order valence-electron chi connectivity index (χ4n) is 4.27. The summed E-state index contributed by atoms with van der Waals surface area (Å²) in [7, 11) is 2.28. The van der Waals surface area contributed by atoms with Gasteiger partial charge >= 0.3 is 11.9 Å². The molecule has 0 aliphatic heterocycles. The highest BCUT2D eigenvalue weighted by atomic mass is 16.6. The number of hydrogen-bond acceptors (Lipinski definition) is 7. The average molecular weight is 388 g/mol. The van der Waals surface area contributed by atoms with Crippen LogP contribution in [-0.2, 0) is 29.3 Å². The number of ether oxygens (including phenoxy) is 2. The third kappa shape index (κ3) is 2.74. The Morgan fingerprint density at radius 3 is 2.36 bits per heavy atom. The molecule has 1 N–H and O–H groups in total. The Bertz CT molecular complexity index is 962. The van der Waals surface area contributed by atoms with E-state index in [1.165, 1.54) is 6.92 Å². The number of aromatic nitrogens is 1. The maximum atomic E-state index is 12.8. The molecule has 2 aromatic rings. The van der Waals surface area contributed by atoms with Crippen LogP contribution in [0.15, 0.2) is 24.3 Å². The van der Waals surface area contributed by atoms with Crippen molar-refractivity contribution in [1.29, 1.82) is 0 Å². The van der Waals surface area contributed by atoms with Crippen LogP contribution in [-0.4, -0.2) is 48.4 Å². The van der Waals surface area contributed by atoms with Crippen molar-refractivity contribution in [2.24, 2.45) is 5.92 Å².